The van der Waals surface area contributed by atoms with Crippen molar-refractivity contribution in [3.05, 3.63) is 41.5 Å². The van der Waals surface area contributed by atoms with E-state index in [1.165, 1.54) is 11.1 Å². The second-order valence-electron chi connectivity index (χ2n) is 6.27. The molecule has 2 nitrogen and oxygen atoms in total. The van der Waals surface area contributed by atoms with Crippen molar-refractivity contribution in [3.63, 3.8) is 0 Å². The Morgan fingerprint density at radius 2 is 2.20 bits per heavy atom. The van der Waals surface area contributed by atoms with Crippen LogP contribution < -0.4 is 10.5 Å². The Hall–Kier alpha value is -1.28. The molecule has 1 aromatic rings. The molecule has 0 saturated heterocycles. The molecule has 3 atom stereocenters. The maximum absolute atomic E-state index is 6.73. The molecule has 0 amide bonds. The van der Waals surface area contributed by atoms with Crippen LogP contribution in [0.4, 0.5) is 0 Å². The Morgan fingerprint density at radius 1 is 1.35 bits per heavy atom. The molecule has 2 aliphatic carbocycles. The molecule has 0 saturated carbocycles. The predicted molar refractivity (Wildman–Crippen MR) is 83.1 cm³/mol. The molecule has 1 unspecified atom stereocenters. The van der Waals surface area contributed by atoms with E-state index in [0.29, 0.717) is 5.92 Å². The van der Waals surface area contributed by atoms with Gasteiger partial charge in [0.25, 0.3) is 0 Å². The monoisotopic (exact) mass is 271 g/mol. The van der Waals surface area contributed by atoms with Crippen molar-refractivity contribution in [1.82, 2.24) is 0 Å². The van der Waals surface area contributed by atoms with Crippen LogP contribution in [0, 0.1) is 5.92 Å². The largest absolute Gasteiger partial charge is 0.497 e. The number of methoxy groups -OCH3 is 1. The Bertz CT molecular complexity index is 522. The van der Waals surface area contributed by atoms with Crippen LogP contribution in [-0.4, -0.2) is 13.2 Å². The lowest BCUT2D eigenvalue weighted by Gasteiger charge is -2.48. The molecule has 0 heterocycles. The van der Waals surface area contributed by atoms with Gasteiger partial charge in [0.1, 0.15) is 5.75 Å². The molecular formula is C18H25NO. The number of nitrogens with two attached hydrogens (primary N) is 1. The fourth-order valence-corrected chi connectivity index (χ4v) is 4.23. The van der Waals surface area contributed by atoms with Gasteiger partial charge in [0.05, 0.1) is 7.11 Å². The first-order chi connectivity index (χ1) is 9.71. The zero-order valence-corrected chi connectivity index (χ0v) is 12.6. The lowest BCUT2D eigenvalue weighted by atomic mass is 9.58. The van der Waals surface area contributed by atoms with Gasteiger partial charge in [0.15, 0.2) is 0 Å². The van der Waals surface area contributed by atoms with Gasteiger partial charge in [-0.3, -0.25) is 0 Å². The molecule has 0 spiro atoms. The minimum absolute atomic E-state index is 0.123. The summed E-state index contributed by atoms with van der Waals surface area (Å²) in [6, 6.07) is 6.84. The summed E-state index contributed by atoms with van der Waals surface area (Å²) in [5, 5.41) is 0. The molecule has 1 aromatic carbocycles. The Kier molecular flexibility index (Phi) is 3.59. The summed E-state index contributed by atoms with van der Waals surface area (Å²) >= 11 is 0. The van der Waals surface area contributed by atoms with E-state index in [4.69, 9.17) is 10.5 Å². The van der Waals surface area contributed by atoms with E-state index in [9.17, 15) is 0 Å². The van der Waals surface area contributed by atoms with E-state index >= 15 is 0 Å². The molecule has 108 valence electrons. The van der Waals surface area contributed by atoms with Crippen LogP contribution in [0.2, 0.25) is 0 Å². The third-order valence-corrected chi connectivity index (χ3v) is 5.47. The third kappa shape index (κ3) is 1.98. The summed E-state index contributed by atoms with van der Waals surface area (Å²) in [7, 11) is 1.74. The maximum Gasteiger partial charge on any atom is 0.119 e. The number of fused-ring (bicyclic) bond motifs is 4. The summed E-state index contributed by atoms with van der Waals surface area (Å²) in [4.78, 5) is 0. The summed E-state index contributed by atoms with van der Waals surface area (Å²) in [6.45, 7) is 2.29. The molecule has 2 N–H and O–H groups in total. The first-order valence-electron chi connectivity index (χ1n) is 7.79. The van der Waals surface area contributed by atoms with Crippen LogP contribution in [-0.2, 0) is 11.8 Å². The maximum atomic E-state index is 6.73. The summed E-state index contributed by atoms with van der Waals surface area (Å²) < 4.78 is 5.44. The Labute approximate surface area is 122 Å². The van der Waals surface area contributed by atoms with Gasteiger partial charge in [-0.15, -0.1) is 0 Å². The lowest BCUT2D eigenvalue weighted by Crippen LogP contribution is -2.53. The number of benzene rings is 1. The third-order valence-electron chi connectivity index (χ3n) is 5.47. The highest BCUT2D eigenvalue weighted by molar-refractivity contribution is 5.45. The zero-order chi connectivity index (χ0) is 14.2. The van der Waals surface area contributed by atoms with E-state index in [2.05, 4.69) is 37.3 Å². The summed E-state index contributed by atoms with van der Waals surface area (Å²) in [6.07, 6.45) is 10.3. The van der Waals surface area contributed by atoms with Crippen LogP contribution in [0.25, 0.3) is 0 Å². The van der Waals surface area contributed by atoms with E-state index < -0.39 is 0 Å². The molecule has 20 heavy (non-hydrogen) atoms. The van der Waals surface area contributed by atoms with Gasteiger partial charge in [-0.05, 0) is 61.3 Å². The highest BCUT2D eigenvalue weighted by atomic mass is 16.5. The highest BCUT2D eigenvalue weighted by Gasteiger charge is 2.45. The minimum atomic E-state index is 0.123. The molecule has 0 fully saturated rings. The van der Waals surface area contributed by atoms with Crippen molar-refractivity contribution in [3.8, 4) is 5.75 Å². The highest BCUT2D eigenvalue weighted by Crippen LogP contribution is 2.47. The first kappa shape index (κ1) is 13.7. The number of hydrogen-bond acceptors (Lipinski definition) is 2. The van der Waals surface area contributed by atoms with Crippen molar-refractivity contribution in [2.45, 2.75) is 50.5 Å². The average molecular weight is 271 g/mol. The van der Waals surface area contributed by atoms with Crippen molar-refractivity contribution < 1.29 is 4.74 Å². The zero-order valence-electron chi connectivity index (χ0n) is 12.6. The number of hydrogen-bond donors (Lipinski definition) is 1. The van der Waals surface area contributed by atoms with Gasteiger partial charge in [-0.2, -0.15) is 0 Å². The van der Waals surface area contributed by atoms with Crippen molar-refractivity contribution in [1.29, 1.82) is 0 Å². The first-order valence-corrected chi connectivity index (χ1v) is 7.79. The normalized spacial score (nSPS) is 33.8. The molecule has 0 aromatic heterocycles. The summed E-state index contributed by atoms with van der Waals surface area (Å²) in [5.41, 5.74) is 9.78. The average Bonchev–Trinajstić information content (AvgIpc) is 2.48. The smallest absolute Gasteiger partial charge is 0.119 e. The standard InChI is InChI=1S/C18H25NO/c1-3-18-10-6-4-5-7-14(17(18)19)11-13-8-9-15(20-2)12-16(13)18/h4-5,8-9,12,14,17H,3,6-7,10-11,19H2,1-2H3/b5-4-/t14?,17-,18+/m0/s1. The number of allylic oxidation sites excluding steroid dienone is 2. The molecule has 3 rings (SSSR count). The second kappa shape index (κ2) is 5.25. The number of ether oxygens (including phenoxy) is 1. The SMILES string of the molecule is CC[C@@]12CC/C=C\CC(Cc3ccc(OC)cc31)[C@@H]2N. The fourth-order valence-electron chi connectivity index (χ4n) is 4.23. The second-order valence-corrected chi connectivity index (χ2v) is 6.27. The van der Waals surface area contributed by atoms with Crippen LogP contribution in [0.3, 0.4) is 0 Å². The van der Waals surface area contributed by atoms with Crippen LogP contribution in [0.1, 0.15) is 43.7 Å². The van der Waals surface area contributed by atoms with Gasteiger partial charge in [0, 0.05) is 11.5 Å². The van der Waals surface area contributed by atoms with E-state index in [0.717, 1.165) is 37.9 Å². The molecule has 0 aliphatic heterocycles. The molecule has 2 bridgehead atoms. The van der Waals surface area contributed by atoms with Gasteiger partial charge in [-0.25, -0.2) is 0 Å². The molecule has 2 aliphatic rings. The Morgan fingerprint density at radius 3 is 2.95 bits per heavy atom. The minimum Gasteiger partial charge on any atom is -0.497 e. The quantitative estimate of drug-likeness (QED) is 0.834. The Balaban J connectivity index is 2.15. The molecule has 0 radical (unpaired) electrons. The fraction of sp³-hybridized carbons (Fsp3) is 0.556. The van der Waals surface area contributed by atoms with Gasteiger partial charge >= 0.3 is 0 Å². The number of rotatable bonds is 2. The van der Waals surface area contributed by atoms with Gasteiger partial charge in [-0.1, -0.05) is 25.1 Å². The molecule has 2 heteroatoms. The van der Waals surface area contributed by atoms with Crippen LogP contribution in [0.15, 0.2) is 30.4 Å². The summed E-state index contributed by atoms with van der Waals surface area (Å²) in [5.74, 6) is 1.53. The lowest BCUT2D eigenvalue weighted by molar-refractivity contribution is 0.209. The van der Waals surface area contributed by atoms with Crippen molar-refractivity contribution in [2.24, 2.45) is 11.7 Å². The van der Waals surface area contributed by atoms with E-state index in [-0.39, 0.29) is 11.5 Å². The van der Waals surface area contributed by atoms with Gasteiger partial charge < -0.3 is 10.5 Å². The van der Waals surface area contributed by atoms with Gasteiger partial charge in [0.2, 0.25) is 0 Å². The van der Waals surface area contributed by atoms with Crippen molar-refractivity contribution in [2.75, 3.05) is 7.11 Å². The predicted octanol–water partition coefficient (Wildman–Crippen LogP) is 3.58. The molecular weight excluding hydrogens is 246 g/mol. The van der Waals surface area contributed by atoms with E-state index in [1.807, 2.05) is 0 Å². The topological polar surface area (TPSA) is 35.2 Å². The van der Waals surface area contributed by atoms with Crippen molar-refractivity contribution >= 4 is 0 Å². The van der Waals surface area contributed by atoms with Crippen LogP contribution >= 0.6 is 0 Å². The van der Waals surface area contributed by atoms with E-state index in [1.54, 1.807) is 7.11 Å². The van der Waals surface area contributed by atoms with Crippen LogP contribution in [0.5, 0.6) is 5.75 Å².